The van der Waals surface area contributed by atoms with Crippen LogP contribution in [0.2, 0.25) is 5.15 Å². The SMILES string of the molecule is CSCCC(NC(=O)c1ccnc(Cl)c1)C(=O)O. The lowest BCUT2D eigenvalue weighted by Gasteiger charge is -2.13. The van der Waals surface area contributed by atoms with E-state index >= 15 is 0 Å². The van der Waals surface area contributed by atoms with Gasteiger partial charge in [0.05, 0.1) is 0 Å². The van der Waals surface area contributed by atoms with Crippen molar-refractivity contribution in [3.63, 3.8) is 0 Å². The van der Waals surface area contributed by atoms with Crippen molar-refractivity contribution in [2.24, 2.45) is 0 Å². The molecule has 0 bridgehead atoms. The smallest absolute Gasteiger partial charge is 0.326 e. The Morgan fingerprint density at radius 3 is 2.89 bits per heavy atom. The summed E-state index contributed by atoms with van der Waals surface area (Å²) in [6.45, 7) is 0. The number of hydrogen-bond acceptors (Lipinski definition) is 4. The molecule has 18 heavy (non-hydrogen) atoms. The van der Waals surface area contributed by atoms with Gasteiger partial charge in [-0.15, -0.1) is 0 Å². The topological polar surface area (TPSA) is 79.3 Å². The average Bonchev–Trinajstić information content (AvgIpc) is 2.33. The number of hydrogen-bond donors (Lipinski definition) is 2. The minimum absolute atomic E-state index is 0.193. The van der Waals surface area contributed by atoms with E-state index in [1.807, 2.05) is 6.26 Å². The van der Waals surface area contributed by atoms with Crippen LogP contribution in [0.5, 0.6) is 0 Å². The highest BCUT2D eigenvalue weighted by Gasteiger charge is 2.20. The first-order chi connectivity index (χ1) is 8.54. The number of aromatic nitrogens is 1. The van der Waals surface area contributed by atoms with Gasteiger partial charge in [-0.25, -0.2) is 9.78 Å². The van der Waals surface area contributed by atoms with Crippen molar-refractivity contribution in [3.05, 3.63) is 29.0 Å². The zero-order chi connectivity index (χ0) is 13.5. The van der Waals surface area contributed by atoms with Crippen LogP contribution in [0, 0.1) is 0 Å². The number of carboxylic acids is 1. The molecule has 0 saturated heterocycles. The van der Waals surface area contributed by atoms with Crippen LogP contribution in [0.25, 0.3) is 0 Å². The maximum Gasteiger partial charge on any atom is 0.326 e. The first-order valence-corrected chi connectivity index (χ1v) is 6.96. The third-order valence-corrected chi connectivity index (χ3v) is 3.05. The Morgan fingerprint density at radius 1 is 1.61 bits per heavy atom. The van der Waals surface area contributed by atoms with E-state index in [1.165, 1.54) is 30.1 Å². The molecular weight excluding hydrogens is 276 g/mol. The van der Waals surface area contributed by atoms with Crippen LogP contribution in [0.1, 0.15) is 16.8 Å². The summed E-state index contributed by atoms with van der Waals surface area (Å²) in [7, 11) is 0. The number of nitrogens with one attached hydrogen (secondary N) is 1. The van der Waals surface area contributed by atoms with E-state index in [0.717, 1.165) is 0 Å². The van der Waals surface area contributed by atoms with Gasteiger partial charge in [-0.3, -0.25) is 4.79 Å². The molecule has 98 valence electrons. The van der Waals surface area contributed by atoms with Gasteiger partial charge >= 0.3 is 5.97 Å². The highest BCUT2D eigenvalue weighted by Crippen LogP contribution is 2.08. The Morgan fingerprint density at radius 2 is 2.33 bits per heavy atom. The summed E-state index contributed by atoms with van der Waals surface area (Å²) in [5.74, 6) is -0.848. The molecule has 1 heterocycles. The molecule has 0 spiro atoms. The second-order valence-electron chi connectivity index (χ2n) is 3.51. The number of thioether (sulfide) groups is 1. The number of aliphatic carboxylic acids is 1. The molecule has 1 unspecified atom stereocenters. The van der Waals surface area contributed by atoms with Crippen molar-refractivity contribution in [3.8, 4) is 0 Å². The fourth-order valence-electron chi connectivity index (χ4n) is 1.28. The molecule has 7 heteroatoms. The van der Waals surface area contributed by atoms with Gasteiger partial charge < -0.3 is 10.4 Å². The summed E-state index contributed by atoms with van der Waals surface area (Å²) >= 11 is 7.19. The van der Waals surface area contributed by atoms with E-state index < -0.39 is 17.9 Å². The molecule has 1 rings (SSSR count). The van der Waals surface area contributed by atoms with Crippen molar-refractivity contribution in [2.45, 2.75) is 12.5 Å². The lowest BCUT2D eigenvalue weighted by Crippen LogP contribution is -2.41. The molecule has 1 amide bonds. The highest BCUT2D eigenvalue weighted by molar-refractivity contribution is 7.98. The van der Waals surface area contributed by atoms with Crippen molar-refractivity contribution >= 4 is 35.2 Å². The van der Waals surface area contributed by atoms with Gasteiger partial charge in [0.2, 0.25) is 0 Å². The summed E-state index contributed by atoms with van der Waals surface area (Å²) in [5, 5.41) is 11.6. The van der Waals surface area contributed by atoms with E-state index in [-0.39, 0.29) is 5.15 Å². The highest BCUT2D eigenvalue weighted by atomic mass is 35.5. The third-order valence-electron chi connectivity index (χ3n) is 2.20. The zero-order valence-electron chi connectivity index (χ0n) is 9.72. The van der Waals surface area contributed by atoms with Crippen LogP contribution in [-0.4, -0.2) is 40.0 Å². The lowest BCUT2D eigenvalue weighted by atomic mass is 10.2. The largest absolute Gasteiger partial charge is 0.480 e. The van der Waals surface area contributed by atoms with Gasteiger partial charge in [-0.2, -0.15) is 11.8 Å². The molecule has 1 aromatic rings. The summed E-state index contributed by atoms with van der Waals surface area (Å²) in [4.78, 5) is 26.5. The first-order valence-electron chi connectivity index (χ1n) is 5.18. The number of rotatable bonds is 6. The molecule has 0 saturated carbocycles. The molecule has 0 fully saturated rings. The summed E-state index contributed by atoms with van der Waals surface area (Å²) in [6.07, 6.45) is 3.65. The van der Waals surface area contributed by atoms with Gasteiger partial charge in [-0.05, 0) is 30.6 Å². The molecule has 0 aliphatic heterocycles. The maximum absolute atomic E-state index is 11.8. The predicted octanol–water partition coefficient (Wildman–Crippen LogP) is 1.67. The fraction of sp³-hybridized carbons (Fsp3) is 0.364. The van der Waals surface area contributed by atoms with E-state index in [4.69, 9.17) is 16.7 Å². The van der Waals surface area contributed by atoms with E-state index in [9.17, 15) is 9.59 Å². The van der Waals surface area contributed by atoms with Crippen LogP contribution >= 0.6 is 23.4 Å². The minimum atomic E-state index is -1.04. The standard InChI is InChI=1S/C11H13ClN2O3S/c1-18-5-3-8(11(16)17)14-10(15)7-2-4-13-9(12)6-7/h2,4,6,8H,3,5H2,1H3,(H,14,15)(H,16,17). The van der Waals surface area contributed by atoms with E-state index in [2.05, 4.69) is 10.3 Å². The van der Waals surface area contributed by atoms with Crippen molar-refractivity contribution in [2.75, 3.05) is 12.0 Å². The number of halogens is 1. The van der Waals surface area contributed by atoms with Gasteiger partial charge in [-0.1, -0.05) is 11.6 Å². The quantitative estimate of drug-likeness (QED) is 0.779. The molecule has 2 N–H and O–H groups in total. The van der Waals surface area contributed by atoms with Gasteiger partial charge in [0.15, 0.2) is 0 Å². The molecule has 5 nitrogen and oxygen atoms in total. The van der Waals surface area contributed by atoms with Crippen molar-refractivity contribution in [1.82, 2.24) is 10.3 Å². The number of carbonyl (C=O) groups excluding carboxylic acids is 1. The van der Waals surface area contributed by atoms with Crippen molar-refractivity contribution in [1.29, 1.82) is 0 Å². The first kappa shape index (κ1) is 14.8. The monoisotopic (exact) mass is 288 g/mol. The van der Waals surface area contributed by atoms with Gasteiger partial charge in [0.25, 0.3) is 5.91 Å². The Kier molecular flexibility index (Phi) is 5.94. The van der Waals surface area contributed by atoms with Crippen LogP contribution in [0.3, 0.4) is 0 Å². The van der Waals surface area contributed by atoms with Crippen LogP contribution in [0.15, 0.2) is 18.3 Å². The second-order valence-corrected chi connectivity index (χ2v) is 4.89. The molecule has 1 aromatic heterocycles. The molecule has 0 radical (unpaired) electrons. The lowest BCUT2D eigenvalue weighted by molar-refractivity contribution is -0.139. The summed E-state index contributed by atoms with van der Waals surface area (Å²) < 4.78 is 0. The molecule has 0 aliphatic carbocycles. The summed E-state index contributed by atoms with van der Waals surface area (Å²) in [6, 6.07) is 1.98. The van der Waals surface area contributed by atoms with Crippen LogP contribution in [-0.2, 0) is 4.79 Å². The third kappa shape index (κ3) is 4.54. The molecular formula is C11H13ClN2O3S. The predicted molar refractivity (Wildman–Crippen MR) is 71.1 cm³/mol. The molecule has 1 atom stereocenters. The van der Waals surface area contributed by atoms with Crippen LogP contribution in [0.4, 0.5) is 0 Å². The molecule has 0 aromatic carbocycles. The van der Waals surface area contributed by atoms with Crippen LogP contribution < -0.4 is 5.32 Å². The second kappa shape index (κ2) is 7.23. The number of carboxylic acid groups (broad SMARTS) is 1. The van der Waals surface area contributed by atoms with Gasteiger partial charge in [0.1, 0.15) is 11.2 Å². The Labute approximate surface area is 114 Å². The molecule has 0 aliphatic rings. The Hall–Kier alpha value is -1.27. The average molecular weight is 289 g/mol. The van der Waals surface area contributed by atoms with Gasteiger partial charge in [0, 0.05) is 11.8 Å². The number of nitrogens with zero attached hydrogens (tertiary/aromatic N) is 1. The maximum atomic E-state index is 11.8. The number of amides is 1. The minimum Gasteiger partial charge on any atom is -0.480 e. The Bertz CT molecular complexity index is 442. The number of pyridine rings is 1. The van der Waals surface area contributed by atoms with E-state index in [0.29, 0.717) is 17.7 Å². The number of carbonyl (C=O) groups is 2. The summed E-state index contributed by atoms with van der Waals surface area (Å²) in [5.41, 5.74) is 0.297. The zero-order valence-corrected chi connectivity index (χ0v) is 11.3. The van der Waals surface area contributed by atoms with E-state index in [1.54, 1.807) is 0 Å². The normalized spacial score (nSPS) is 11.9. The fourth-order valence-corrected chi connectivity index (χ4v) is 1.92. The van der Waals surface area contributed by atoms with Crippen molar-refractivity contribution < 1.29 is 14.7 Å². The Balaban J connectivity index is 2.69.